The Labute approximate surface area is 210 Å². The number of rotatable bonds is 8. The molecule has 2 aromatic heterocycles. The van der Waals surface area contributed by atoms with Crippen molar-refractivity contribution in [2.45, 2.75) is 12.6 Å². The van der Waals surface area contributed by atoms with Crippen molar-refractivity contribution < 1.29 is 9.53 Å². The molecule has 1 fully saturated rings. The summed E-state index contributed by atoms with van der Waals surface area (Å²) in [6.07, 6.45) is 8.29. The molecule has 0 radical (unpaired) electrons. The summed E-state index contributed by atoms with van der Waals surface area (Å²) in [7, 11) is 0. The molecule has 1 atom stereocenters. The van der Waals surface area contributed by atoms with E-state index >= 15 is 0 Å². The summed E-state index contributed by atoms with van der Waals surface area (Å²) in [5.41, 5.74) is 16.5. The number of nitrogens with two attached hydrogens (primary N) is 2. The smallest absolute Gasteiger partial charge is 0.219 e. The molecule has 1 saturated heterocycles. The first-order chi connectivity index (χ1) is 17.6. The Kier molecular flexibility index (Phi) is 7.17. The fourth-order valence-corrected chi connectivity index (χ4v) is 4.53. The van der Waals surface area contributed by atoms with Crippen LogP contribution in [-0.4, -0.2) is 70.4 Å². The molecule has 4 heterocycles. The van der Waals surface area contributed by atoms with Crippen LogP contribution in [0.2, 0.25) is 0 Å². The average Bonchev–Trinajstić information content (AvgIpc) is 2.92. The van der Waals surface area contributed by atoms with Crippen molar-refractivity contribution in [1.82, 2.24) is 24.8 Å². The van der Waals surface area contributed by atoms with Crippen molar-refractivity contribution in [2.24, 2.45) is 5.73 Å². The van der Waals surface area contributed by atoms with E-state index < -0.39 is 6.04 Å². The standard InChI is InChI=1S/C26H30N8O2/c27-14-18-2-1-3-21(12-18)31-25-24-19(13-22(32-25)20-15-29-26(28)30-16-20)4-5-34(23(24)17-35)7-6-33-8-10-36-11-9-33/h1-5,12-13,15-17,23H,6-11,14,27H2,(H,31,32)(H2,28,29,30). The van der Waals surface area contributed by atoms with Crippen LogP contribution in [0.4, 0.5) is 17.5 Å². The largest absolute Gasteiger partial charge is 0.379 e. The zero-order valence-corrected chi connectivity index (χ0v) is 20.0. The van der Waals surface area contributed by atoms with Gasteiger partial charge in [-0.3, -0.25) is 4.90 Å². The minimum atomic E-state index is -0.476. The number of carbonyl (C=O) groups excluding carboxylic acids is 1. The molecule has 2 aliphatic heterocycles. The fraction of sp³-hybridized carbons (Fsp3) is 0.308. The normalized spacial score (nSPS) is 17.6. The van der Waals surface area contributed by atoms with Crippen molar-refractivity contribution in [1.29, 1.82) is 0 Å². The van der Waals surface area contributed by atoms with Gasteiger partial charge in [-0.15, -0.1) is 0 Å². The molecule has 36 heavy (non-hydrogen) atoms. The lowest BCUT2D eigenvalue weighted by Crippen LogP contribution is -2.41. The van der Waals surface area contributed by atoms with E-state index in [1.54, 1.807) is 12.4 Å². The van der Waals surface area contributed by atoms with Gasteiger partial charge >= 0.3 is 0 Å². The van der Waals surface area contributed by atoms with Crippen LogP contribution in [0.3, 0.4) is 0 Å². The number of nitrogens with one attached hydrogen (secondary N) is 1. The van der Waals surface area contributed by atoms with Crippen LogP contribution < -0.4 is 16.8 Å². The first-order valence-electron chi connectivity index (χ1n) is 12.0. The predicted molar refractivity (Wildman–Crippen MR) is 139 cm³/mol. The molecule has 1 unspecified atom stereocenters. The second-order valence-electron chi connectivity index (χ2n) is 8.81. The van der Waals surface area contributed by atoms with Crippen molar-refractivity contribution in [2.75, 3.05) is 50.4 Å². The average molecular weight is 487 g/mol. The van der Waals surface area contributed by atoms with E-state index in [4.69, 9.17) is 21.2 Å². The predicted octanol–water partition coefficient (Wildman–Crippen LogP) is 2.18. The quantitative estimate of drug-likeness (QED) is 0.407. The summed E-state index contributed by atoms with van der Waals surface area (Å²) in [4.78, 5) is 30.0. The number of fused-ring (bicyclic) bond motifs is 1. The number of hydrogen-bond donors (Lipinski definition) is 3. The summed E-state index contributed by atoms with van der Waals surface area (Å²) in [6, 6.07) is 9.34. The van der Waals surface area contributed by atoms with E-state index in [9.17, 15) is 4.79 Å². The highest BCUT2D eigenvalue weighted by Crippen LogP contribution is 2.37. The maximum absolute atomic E-state index is 12.5. The van der Waals surface area contributed by atoms with Crippen LogP contribution in [0.5, 0.6) is 0 Å². The Morgan fingerprint density at radius 3 is 2.69 bits per heavy atom. The highest BCUT2D eigenvalue weighted by atomic mass is 16.5. The van der Waals surface area contributed by atoms with E-state index in [0.29, 0.717) is 18.1 Å². The Morgan fingerprint density at radius 2 is 1.94 bits per heavy atom. The fourth-order valence-electron chi connectivity index (χ4n) is 4.53. The molecule has 0 aliphatic carbocycles. The molecule has 5 rings (SSSR count). The van der Waals surface area contributed by atoms with Crippen LogP contribution in [0.1, 0.15) is 22.7 Å². The number of aldehydes is 1. The van der Waals surface area contributed by atoms with Crippen LogP contribution in [0.15, 0.2) is 48.9 Å². The second-order valence-corrected chi connectivity index (χ2v) is 8.81. The lowest BCUT2D eigenvalue weighted by atomic mass is 9.95. The molecule has 3 aromatic rings. The van der Waals surface area contributed by atoms with Gasteiger partial charge in [0.1, 0.15) is 18.1 Å². The van der Waals surface area contributed by atoms with Crippen LogP contribution in [-0.2, 0) is 16.1 Å². The van der Waals surface area contributed by atoms with E-state index in [0.717, 1.165) is 73.6 Å². The third-order valence-electron chi connectivity index (χ3n) is 6.49. The number of hydrogen-bond acceptors (Lipinski definition) is 10. The number of nitrogens with zero attached hydrogens (tertiary/aromatic N) is 5. The second kappa shape index (κ2) is 10.8. The van der Waals surface area contributed by atoms with E-state index in [-0.39, 0.29) is 5.95 Å². The number of anilines is 3. The number of aromatic nitrogens is 3. The number of morpholine rings is 1. The van der Waals surface area contributed by atoms with Crippen LogP contribution in [0, 0.1) is 0 Å². The molecule has 10 nitrogen and oxygen atoms in total. The molecular weight excluding hydrogens is 456 g/mol. The molecular formula is C26H30N8O2. The Morgan fingerprint density at radius 1 is 1.14 bits per heavy atom. The number of carbonyl (C=O) groups is 1. The van der Waals surface area contributed by atoms with Gasteiger partial charge in [0, 0.05) is 68.1 Å². The molecule has 1 aromatic carbocycles. The number of ether oxygens (including phenoxy) is 1. The zero-order valence-electron chi connectivity index (χ0n) is 20.0. The van der Waals surface area contributed by atoms with Gasteiger partial charge in [-0.2, -0.15) is 0 Å². The van der Waals surface area contributed by atoms with Crippen LogP contribution in [0.25, 0.3) is 17.3 Å². The maximum atomic E-state index is 12.5. The van der Waals surface area contributed by atoms with Crippen LogP contribution >= 0.6 is 0 Å². The lowest BCUT2D eigenvalue weighted by Gasteiger charge is -2.35. The lowest BCUT2D eigenvalue weighted by molar-refractivity contribution is -0.112. The third-order valence-corrected chi connectivity index (χ3v) is 6.49. The molecule has 186 valence electrons. The highest BCUT2D eigenvalue weighted by Gasteiger charge is 2.28. The first kappa shape index (κ1) is 23.9. The zero-order chi connectivity index (χ0) is 24.9. The molecule has 0 bridgehead atoms. The van der Waals surface area contributed by atoms with Gasteiger partial charge in [-0.1, -0.05) is 12.1 Å². The van der Waals surface area contributed by atoms with Gasteiger partial charge in [-0.05, 0) is 35.4 Å². The number of benzene rings is 1. The summed E-state index contributed by atoms with van der Waals surface area (Å²) < 4.78 is 5.46. The SMILES string of the molecule is NCc1cccc(Nc2nc(-c3cnc(N)nc3)cc3c2C(C=O)N(CCN2CCOCC2)C=C3)c1. The minimum Gasteiger partial charge on any atom is -0.379 e. The van der Waals surface area contributed by atoms with E-state index in [1.807, 2.05) is 42.6 Å². The Balaban J connectivity index is 1.51. The summed E-state index contributed by atoms with van der Waals surface area (Å²) in [5, 5.41) is 3.44. The molecule has 0 spiro atoms. The number of nitrogen functional groups attached to an aromatic ring is 1. The molecule has 2 aliphatic rings. The van der Waals surface area contributed by atoms with Gasteiger partial charge in [0.2, 0.25) is 5.95 Å². The topological polar surface area (TPSA) is 136 Å². The van der Waals surface area contributed by atoms with Crippen molar-refractivity contribution in [3.8, 4) is 11.3 Å². The summed E-state index contributed by atoms with van der Waals surface area (Å²) >= 11 is 0. The molecule has 10 heteroatoms. The van der Waals surface area contributed by atoms with E-state index in [2.05, 4.69) is 25.1 Å². The maximum Gasteiger partial charge on any atom is 0.219 e. The first-order valence-corrected chi connectivity index (χ1v) is 12.0. The summed E-state index contributed by atoms with van der Waals surface area (Å²) in [6.45, 7) is 5.29. The number of pyridine rings is 1. The van der Waals surface area contributed by atoms with Crippen molar-refractivity contribution in [3.05, 3.63) is 65.6 Å². The molecule has 5 N–H and O–H groups in total. The van der Waals surface area contributed by atoms with Gasteiger partial charge < -0.3 is 31.2 Å². The van der Waals surface area contributed by atoms with Gasteiger partial charge in [0.25, 0.3) is 0 Å². The Hall–Kier alpha value is -3.86. The van der Waals surface area contributed by atoms with E-state index in [1.165, 1.54) is 0 Å². The van der Waals surface area contributed by atoms with Crippen molar-refractivity contribution >= 4 is 29.8 Å². The monoisotopic (exact) mass is 486 g/mol. The minimum absolute atomic E-state index is 0.200. The summed E-state index contributed by atoms with van der Waals surface area (Å²) in [5.74, 6) is 0.803. The third kappa shape index (κ3) is 5.20. The van der Waals surface area contributed by atoms with Gasteiger partial charge in [0.05, 0.1) is 18.9 Å². The van der Waals surface area contributed by atoms with Gasteiger partial charge in [0.15, 0.2) is 0 Å². The highest BCUT2D eigenvalue weighted by molar-refractivity contribution is 5.80. The van der Waals surface area contributed by atoms with Crippen molar-refractivity contribution in [3.63, 3.8) is 0 Å². The van der Waals surface area contributed by atoms with Gasteiger partial charge in [-0.25, -0.2) is 15.0 Å². The molecule has 0 amide bonds. The molecule has 0 saturated carbocycles. The Bertz CT molecular complexity index is 1240.